The number of ether oxygens (including phenoxy) is 1. The molecule has 2 rings (SSSR count). The lowest BCUT2D eigenvalue weighted by atomic mass is 10.2. The zero-order valence-electron chi connectivity index (χ0n) is 11.7. The summed E-state index contributed by atoms with van der Waals surface area (Å²) in [6.07, 6.45) is 2.75. The van der Waals surface area contributed by atoms with Crippen molar-refractivity contribution in [1.29, 1.82) is 0 Å². The second kappa shape index (κ2) is 6.50. The van der Waals surface area contributed by atoms with E-state index in [4.69, 9.17) is 9.84 Å². The van der Waals surface area contributed by atoms with Crippen LogP contribution in [0.25, 0.3) is 0 Å². The fourth-order valence-corrected chi connectivity index (χ4v) is 3.60. The Hall–Kier alpha value is -1.51. The second-order valence-corrected chi connectivity index (χ2v) is 6.67. The summed E-state index contributed by atoms with van der Waals surface area (Å²) in [6.45, 7) is 3.01. The van der Waals surface area contributed by atoms with Crippen LogP contribution in [0.1, 0.15) is 30.1 Å². The minimum atomic E-state index is -3.73. The number of pyridine rings is 1. The summed E-state index contributed by atoms with van der Waals surface area (Å²) in [5.41, 5.74) is -0.0453. The number of aromatic nitrogens is 1. The van der Waals surface area contributed by atoms with Crippen LogP contribution in [0.15, 0.2) is 23.4 Å². The molecule has 0 radical (unpaired) electrons. The lowest BCUT2D eigenvalue weighted by molar-refractivity contribution is 0.0696. The van der Waals surface area contributed by atoms with E-state index in [1.807, 2.05) is 0 Å². The van der Waals surface area contributed by atoms with Crippen LogP contribution in [0, 0.1) is 0 Å². The van der Waals surface area contributed by atoms with Gasteiger partial charge in [0.2, 0.25) is 0 Å². The Balaban J connectivity index is 2.19. The van der Waals surface area contributed by atoms with E-state index in [0.29, 0.717) is 19.7 Å². The number of aromatic carboxylic acids is 1. The third-order valence-corrected chi connectivity index (χ3v) is 5.23. The summed E-state index contributed by atoms with van der Waals surface area (Å²) < 4.78 is 31.8. The summed E-state index contributed by atoms with van der Waals surface area (Å²) in [4.78, 5) is 14.5. The first-order chi connectivity index (χ1) is 9.95. The quantitative estimate of drug-likeness (QED) is 0.840. The van der Waals surface area contributed by atoms with Crippen molar-refractivity contribution in [3.63, 3.8) is 0 Å². The van der Waals surface area contributed by atoms with Gasteiger partial charge in [0.25, 0.3) is 10.0 Å². The summed E-state index contributed by atoms with van der Waals surface area (Å²) in [6, 6.07) is 2.46. The number of likely N-dealkylation sites (N-methyl/N-ethyl adjacent to an activating group) is 1. The summed E-state index contributed by atoms with van der Waals surface area (Å²) in [7, 11) is -3.73. The van der Waals surface area contributed by atoms with Crippen molar-refractivity contribution >= 4 is 16.0 Å². The van der Waals surface area contributed by atoms with Crippen molar-refractivity contribution in [2.24, 2.45) is 0 Å². The van der Waals surface area contributed by atoms with Crippen LogP contribution in [0.2, 0.25) is 0 Å². The number of sulfonamides is 1. The van der Waals surface area contributed by atoms with Crippen LogP contribution in [0.5, 0.6) is 0 Å². The molecule has 0 saturated carbocycles. The third-order valence-electron chi connectivity index (χ3n) is 3.37. The van der Waals surface area contributed by atoms with Gasteiger partial charge in [0.15, 0.2) is 5.03 Å². The number of rotatable bonds is 6. The SMILES string of the molecule is CCN(CC1CCCO1)S(=O)(=O)c1ccc(C(=O)O)cn1. The fraction of sp³-hybridized carbons (Fsp3) is 0.538. The van der Waals surface area contributed by atoms with E-state index in [2.05, 4.69) is 4.98 Å². The summed E-state index contributed by atoms with van der Waals surface area (Å²) >= 11 is 0. The minimum absolute atomic E-state index is 0.0453. The molecule has 7 nitrogen and oxygen atoms in total. The van der Waals surface area contributed by atoms with E-state index in [1.54, 1.807) is 6.92 Å². The summed E-state index contributed by atoms with van der Waals surface area (Å²) in [5, 5.41) is 8.66. The Morgan fingerprint density at radius 2 is 2.29 bits per heavy atom. The van der Waals surface area contributed by atoms with E-state index in [1.165, 1.54) is 16.4 Å². The van der Waals surface area contributed by atoms with Gasteiger partial charge < -0.3 is 9.84 Å². The van der Waals surface area contributed by atoms with Gasteiger partial charge in [-0.25, -0.2) is 18.2 Å². The van der Waals surface area contributed by atoms with Crippen LogP contribution in [0.4, 0.5) is 0 Å². The molecule has 1 atom stereocenters. The van der Waals surface area contributed by atoms with Crippen molar-refractivity contribution in [3.05, 3.63) is 23.9 Å². The van der Waals surface area contributed by atoms with Crippen LogP contribution >= 0.6 is 0 Å². The molecular weight excluding hydrogens is 296 g/mol. The van der Waals surface area contributed by atoms with Gasteiger partial charge in [-0.3, -0.25) is 0 Å². The molecule has 0 aliphatic carbocycles. The highest BCUT2D eigenvalue weighted by Crippen LogP contribution is 2.18. The molecule has 0 spiro atoms. The van der Waals surface area contributed by atoms with Gasteiger partial charge in [-0.05, 0) is 25.0 Å². The van der Waals surface area contributed by atoms with E-state index < -0.39 is 16.0 Å². The Labute approximate surface area is 123 Å². The van der Waals surface area contributed by atoms with E-state index in [9.17, 15) is 13.2 Å². The zero-order valence-corrected chi connectivity index (χ0v) is 12.5. The molecule has 0 aromatic carbocycles. The number of carboxylic acids is 1. The molecule has 1 aliphatic rings. The molecule has 1 unspecified atom stereocenters. The Bertz CT molecular complexity index is 593. The normalized spacial score (nSPS) is 19.0. The first-order valence-corrected chi connectivity index (χ1v) is 8.20. The highest BCUT2D eigenvalue weighted by Gasteiger charge is 2.28. The molecule has 1 N–H and O–H groups in total. The average Bonchev–Trinajstić information content (AvgIpc) is 2.97. The van der Waals surface area contributed by atoms with Crippen LogP contribution in [-0.4, -0.2) is 54.6 Å². The van der Waals surface area contributed by atoms with E-state index in [0.717, 1.165) is 19.0 Å². The molecule has 1 fully saturated rings. The number of nitrogens with zero attached hydrogens (tertiary/aromatic N) is 2. The molecule has 21 heavy (non-hydrogen) atoms. The lowest BCUT2D eigenvalue weighted by Crippen LogP contribution is -2.37. The minimum Gasteiger partial charge on any atom is -0.478 e. The Morgan fingerprint density at radius 1 is 1.52 bits per heavy atom. The molecule has 1 saturated heterocycles. The number of carbonyl (C=O) groups is 1. The largest absolute Gasteiger partial charge is 0.478 e. The molecule has 8 heteroatoms. The van der Waals surface area contributed by atoms with Gasteiger partial charge >= 0.3 is 5.97 Å². The number of hydrogen-bond acceptors (Lipinski definition) is 5. The van der Waals surface area contributed by atoms with Crippen LogP contribution < -0.4 is 0 Å². The smallest absolute Gasteiger partial charge is 0.337 e. The topological polar surface area (TPSA) is 96.8 Å². The Morgan fingerprint density at radius 3 is 2.76 bits per heavy atom. The van der Waals surface area contributed by atoms with Crippen LogP contribution in [0.3, 0.4) is 0 Å². The number of carboxylic acid groups (broad SMARTS) is 1. The monoisotopic (exact) mass is 314 g/mol. The maximum Gasteiger partial charge on any atom is 0.337 e. The van der Waals surface area contributed by atoms with Crippen molar-refractivity contribution < 1.29 is 23.1 Å². The van der Waals surface area contributed by atoms with Gasteiger partial charge in [-0.15, -0.1) is 0 Å². The molecule has 1 aromatic rings. The summed E-state index contributed by atoms with van der Waals surface area (Å²) in [5.74, 6) is -1.14. The number of hydrogen-bond donors (Lipinski definition) is 1. The van der Waals surface area contributed by atoms with Gasteiger partial charge in [0.1, 0.15) is 0 Å². The Kier molecular flexibility index (Phi) is 4.92. The second-order valence-electron chi connectivity index (χ2n) is 4.78. The van der Waals surface area contributed by atoms with E-state index >= 15 is 0 Å². The third kappa shape index (κ3) is 3.58. The highest BCUT2D eigenvalue weighted by atomic mass is 32.2. The molecule has 2 heterocycles. The molecule has 1 aromatic heterocycles. The molecule has 0 bridgehead atoms. The predicted molar refractivity (Wildman–Crippen MR) is 74.6 cm³/mol. The molecular formula is C13H18N2O5S. The maximum atomic E-state index is 12.5. The van der Waals surface area contributed by atoms with E-state index in [-0.39, 0.29) is 16.7 Å². The van der Waals surface area contributed by atoms with Crippen molar-refractivity contribution in [1.82, 2.24) is 9.29 Å². The van der Waals surface area contributed by atoms with Crippen molar-refractivity contribution in [3.8, 4) is 0 Å². The van der Waals surface area contributed by atoms with Crippen molar-refractivity contribution in [2.75, 3.05) is 19.7 Å². The molecule has 0 amide bonds. The highest BCUT2D eigenvalue weighted by molar-refractivity contribution is 7.89. The predicted octanol–water partition coefficient (Wildman–Crippen LogP) is 0.969. The standard InChI is InChI=1S/C13H18N2O5S/c1-2-15(9-11-4-3-7-20-11)21(18,19)12-6-5-10(8-14-12)13(16)17/h5-6,8,11H,2-4,7,9H2,1H3,(H,16,17). The first kappa shape index (κ1) is 15.9. The average molecular weight is 314 g/mol. The van der Waals surface area contributed by atoms with Crippen molar-refractivity contribution in [2.45, 2.75) is 30.9 Å². The fourth-order valence-electron chi connectivity index (χ4n) is 2.20. The zero-order chi connectivity index (χ0) is 15.5. The van der Waals surface area contributed by atoms with Gasteiger partial charge in [0.05, 0.1) is 11.7 Å². The van der Waals surface area contributed by atoms with Gasteiger partial charge in [-0.2, -0.15) is 4.31 Å². The van der Waals surface area contributed by atoms with Crippen LogP contribution in [-0.2, 0) is 14.8 Å². The lowest BCUT2D eigenvalue weighted by Gasteiger charge is -2.22. The van der Waals surface area contributed by atoms with Gasteiger partial charge in [0, 0.05) is 25.9 Å². The first-order valence-electron chi connectivity index (χ1n) is 6.76. The maximum absolute atomic E-state index is 12.5. The van der Waals surface area contributed by atoms with Gasteiger partial charge in [-0.1, -0.05) is 6.92 Å². The molecule has 1 aliphatic heterocycles. The molecule has 116 valence electrons.